The Morgan fingerprint density at radius 3 is 1.56 bits per heavy atom. The molecule has 1 heterocycles. The number of hydrogen-bond acceptors (Lipinski definition) is 1. The SMILES string of the molecule is CC(C)(C)c1cc(-c2cc(-c3ccccc3)[o+]c(-c3ccccc3)n2)cc(C(C)(C)C)c1. The van der Waals surface area contributed by atoms with E-state index in [0.29, 0.717) is 5.89 Å². The largest absolute Gasteiger partial charge is 0.460 e. The van der Waals surface area contributed by atoms with Crippen molar-refractivity contribution in [2.24, 2.45) is 0 Å². The lowest BCUT2D eigenvalue weighted by atomic mass is 9.79. The smallest absolute Gasteiger partial charge is 0.186 e. The predicted octanol–water partition coefficient (Wildman–Crippen LogP) is 8.55. The fourth-order valence-electron chi connectivity index (χ4n) is 3.66. The van der Waals surface area contributed by atoms with Crippen LogP contribution in [0.3, 0.4) is 0 Å². The van der Waals surface area contributed by atoms with Crippen LogP contribution in [0.1, 0.15) is 52.7 Å². The number of benzene rings is 3. The van der Waals surface area contributed by atoms with Gasteiger partial charge in [-0.2, -0.15) is 9.40 Å². The summed E-state index contributed by atoms with van der Waals surface area (Å²) in [5.41, 5.74) is 6.75. The molecule has 0 spiro atoms. The minimum absolute atomic E-state index is 0.0414. The van der Waals surface area contributed by atoms with Crippen molar-refractivity contribution in [2.75, 3.05) is 0 Å². The maximum atomic E-state index is 6.30. The minimum Gasteiger partial charge on any atom is -0.186 e. The van der Waals surface area contributed by atoms with Crippen LogP contribution >= 0.6 is 0 Å². The highest BCUT2D eigenvalue weighted by atomic mass is 16.3. The van der Waals surface area contributed by atoms with Gasteiger partial charge in [0.2, 0.25) is 0 Å². The van der Waals surface area contributed by atoms with Crippen molar-refractivity contribution in [1.29, 1.82) is 0 Å². The first-order valence-corrected chi connectivity index (χ1v) is 11.2. The Morgan fingerprint density at radius 2 is 1.06 bits per heavy atom. The van der Waals surface area contributed by atoms with Crippen molar-refractivity contribution in [3.8, 4) is 34.0 Å². The number of aromatic nitrogens is 1. The van der Waals surface area contributed by atoms with Gasteiger partial charge in [-0.15, -0.1) is 0 Å². The summed E-state index contributed by atoms with van der Waals surface area (Å²) < 4.78 is 6.30. The second kappa shape index (κ2) is 8.35. The summed E-state index contributed by atoms with van der Waals surface area (Å²) in [5, 5.41) is 0. The monoisotopic (exact) mass is 422 g/mol. The highest BCUT2D eigenvalue weighted by molar-refractivity contribution is 5.71. The molecule has 0 bridgehead atoms. The maximum Gasteiger partial charge on any atom is 0.460 e. The molecule has 0 unspecified atom stereocenters. The Balaban J connectivity index is 1.97. The van der Waals surface area contributed by atoms with Crippen molar-refractivity contribution < 1.29 is 4.42 Å². The molecule has 1 aromatic heterocycles. The van der Waals surface area contributed by atoms with Crippen molar-refractivity contribution >= 4 is 0 Å². The summed E-state index contributed by atoms with van der Waals surface area (Å²) in [6.45, 7) is 13.6. The Bertz CT molecular complexity index is 1120. The number of hydrogen-bond donors (Lipinski definition) is 0. The summed E-state index contributed by atoms with van der Waals surface area (Å²) in [6, 6.07) is 29.3. The van der Waals surface area contributed by atoms with Crippen LogP contribution in [-0.2, 0) is 10.8 Å². The van der Waals surface area contributed by atoms with Crippen molar-refractivity contribution in [2.45, 2.75) is 52.4 Å². The second-order valence-electron chi connectivity index (χ2n) is 10.4. The van der Waals surface area contributed by atoms with Crippen molar-refractivity contribution in [3.63, 3.8) is 0 Å². The second-order valence-corrected chi connectivity index (χ2v) is 10.4. The zero-order valence-corrected chi connectivity index (χ0v) is 19.9. The van der Waals surface area contributed by atoms with E-state index in [1.165, 1.54) is 11.1 Å². The van der Waals surface area contributed by atoms with Gasteiger partial charge in [0.25, 0.3) is 0 Å². The Kier molecular flexibility index (Phi) is 5.73. The third-order valence-electron chi connectivity index (χ3n) is 5.74. The average molecular weight is 423 g/mol. The van der Waals surface area contributed by atoms with Crippen LogP contribution in [-0.4, -0.2) is 4.98 Å². The van der Waals surface area contributed by atoms with Gasteiger partial charge in [0.1, 0.15) is 5.56 Å². The third-order valence-corrected chi connectivity index (χ3v) is 5.74. The molecule has 0 aliphatic rings. The van der Waals surface area contributed by atoms with E-state index in [-0.39, 0.29) is 10.8 Å². The van der Waals surface area contributed by atoms with E-state index in [9.17, 15) is 0 Å². The van der Waals surface area contributed by atoms with Crippen LogP contribution in [0.25, 0.3) is 34.0 Å². The van der Waals surface area contributed by atoms with E-state index in [0.717, 1.165) is 28.1 Å². The standard InChI is InChI=1S/C30H32NO/c1-29(2,3)24-17-23(18-25(19-24)30(4,5)6)26-20-27(21-13-9-7-10-14-21)32-28(31-26)22-15-11-8-12-16-22/h7-20H,1-6H3/q+1. The van der Waals surface area contributed by atoms with Gasteiger partial charge in [-0.25, -0.2) is 0 Å². The number of rotatable bonds is 3. The van der Waals surface area contributed by atoms with Gasteiger partial charge in [-0.1, -0.05) is 84.0 Å². The molecular formula is C30H32NO+. The Hall–Kier alpha value is -3.26. The molecule has 0 radical (unpaired) electrons. The van der Waals surface area contributed by atoms with Gasteiger partial charge >= 0.3 is 11.7 Å². The molecule has 0 aliphatic heterocycles. The molecule has 2 heteroatoms. The van der Waals surface area contributed by atoms with Gasteiger partial charge in [-0.3, -0.25) is 0 Å². The van der Waals surface area contributed by atoms with Gasteiger partial charge in [0.15, 0.2) is 0 Å². The minimum atomic E-state index is 0.0414. The van der Waals surface area contributed by atoms with Crippen molar-refractivity contribution in [3.05, 3.63) is 96.1 Å². The molecule has 0 atom stereocenters. The lowest BCUT2D eigenvalue weighted by Crippen LogP contribution is -2.16. The zero-order valence-electron chi connectivity index (χ0n) is 19.9. The van der Waals surface area contributed by atoms with E-state index in [1.54, 1.807) is 0 Å². The van der Waals surface area contributed by atoms with Gasteiger partial charge in [0, 0.05) is 5.56 Å². The predicted molar refractivity (Wildman–Crippen MR) is 135 cm³/mol. The third kappa shape index (κ3) is 4.80. The van der Waals surface area contributed by atoms with Crippen molar-refractivity contribution in [1.82, 2.24) is 4.98 Å². The summed E-state index contributed by atoms with van der Waals surface area (Å²) in [6.07, 6.45) is 0. The number of nitrogens with zero attached hydrogens (tertiary/aromatic N) is 1. The van der Waals surface area contributed by atoms with E-state index in [1.807, 2.05) is 48.5 Å². The first-order valence-electron chi connectivity index (χ1n) is 11.2. The van der Waals surface area contributed by atoms with Crippen LogP contribution in [0.4, 0.5) is 0 Å². The highest BCUT2D eigenvalue weighted by Crippen LogP contribution is 2.36. The molecule has 0 saturated carbocycles. The lowest BCUT2D eigenvalue weighted by Gasteiger charge is -2.26. The molecule has 0 amide bonds. The van der Waals surface area contributed by atoms with Crippen LogP contribution < -0.4 is 0 Å². The van der Waals surface area contributed by atoms with Crippen LogP contribution in [0.15, 0.2) is 89.3 Å². The lowest BCUT2D eigenvalue weighted by molar-refractivity contribution is 0.561. The van der Waals surface area contributed by atoms with E-state index in [2.05, 4.69) is 77.9 Å². The van der Waals surface area contributed by atoms with E-state index >= 15 is 0 Å². The molecule has 2 nitrogen and oxygen atoms in total. The van der Waals surface area contributed by atoms with Crippen LogP contribution in [0, 0.1) is 0 Å². The average Bonchev–Trinajstić information content (AvgIpc) is 2.78. The molecule has 3 aromatic carbocycles. The molecule has 0 N–H and O–H groups in total. The summed E-state index contributed by atoms with van der Waals surface area (Å²) in [7, 11) is 0. The van der Waals surface area contributed by atoms with Crippen LogP contribution in [0.2, 0.25) is 0 Å². The Labute approximate surface area is 192 Å². The summed E-state index contributed by atoms with van der Waals surface area (Å²) >= 11 is 0. The molecule has 4 aromatic rings. The maximum absolute atomic E-state index is 6.30. The summed E-state index contributed by atoms with van der Waals surface area (Å²) in [5.74, 6) is 1.44. The molecule has 0 aliphatic carbocycles. The fraction of sp³-hybridized carbons (Fsp3) is 0.267. The molecule has 4 rings (SSSR count). The van der Waals surface area contributed by atoms with Crippen LogP contribution in [0.5, 0.6) is 0 Å². The normalized spacial score (nSPS) is 12.1. The molecule has 162 valence electrons. The molecule has 0 saturated heterocycles. The van der Waals surface area contributed by atoms with Gasteiger partial charge < -0.3 is 0 Å². The first kappa shape index (κ1) is 22.0. The fourth-order valence-corrected chi connectivity index (χ4v) is 3.66. The van der Waals surface area contributed by atoms with E-state index < -0.39 is 0 Å². The summed E-state index contributed by atoms with van der Waals surface area (Å²) in [4.78, 5) is 4.98. The zero-order chi connectivity index (χ0) is 22.9. The topological polar surface area (TPSA) is 24.2 Å². The molecular weight excluding hydrogens is 390 g/mol. The first-order chi connectivity index (χ1) is 15.1. The quantitative estimate of drug-likeness (QED) is 0.309. The highest BCUT2D eigenvalue weighted by Gasteiger charge is 2.25. The van der Waals surface area contributed by atoms with Gasteiger partial charge in [0.05, 0.1) is 17.3 Å². The molecule has 32 heavy (non-hydrogen) atoms. The van der Waals surface area contributed by atoms with Gasteiger partial charge in [-0.05, 0) is 58.4 Å². The van der Waals surface area contributed by atoms with E-state index in [4.69, 9.17) is 9.40 Å². The Morgan fingerprint density at radius 1 is 0.562 bits per heavy atom. The molecule has 0 fully saturated rings.